The van der Waals surface area contributed by atoms with Gasteiger partial charge in [0.2, 0.25) is 0 Å². The second-order valence-corrected chi connectivity index (χ2v) is 6.41. The molecule has 2 aromatic rings. The van der Waals surface area contributed by atoms with Crippen LogP contribution in [0, 0.1) is 0 Å². The molecule has 20 heavy (non-hydrogen) atoms. The zero-order valence-corrected chi connectivity index (χ0v) is 12.3. The second-order valence-electron chi connectivity index (χ2n) is 6.41. The Morgan fingerprint density at radius 2 is 2.00 bits per heavy atom. The van der Waals surface area contributed by atoms with Gasteiger partial charge < -0.3 is 4.57 Å². The summed E-state index contributed by atoms with van der Waals surface area (Å²) in [6.07, 6.45) is 9.94. The fourth-order valence-electron chi connectivity index (χ4n) is 3.94. The summed E-state index contributed by atoms with van der Waals surface area (Å²) >= 11 is 0. The number of aromatic nitrogens is 1. The third kappa shape index (κ3) is 1.82. The molecule has 2 atom stereocenters. The summed E-state index contributed by atoms with van der Waals surface area (Å²) in [6.45, 7) is 0. The molecule has 0 N–H and O–H groups in total. The molecule has 1 aromatic carbocycles. The van der Waals surface area contributed by atoms with Gasteiger partial charge in [0.1, 0.15) is 0 Å². The third-order valence-electron chi connectivity index (χ3n) is 5.24. The highest BCUT2D eigenvalue weighted by atomic mass is 15.2. The minimum absolute atomic E-state index is 0.656. The van der Waals surface area contributed by atoms with Gasteiger partial charge in [-0.05, 0) is 55.6 Å². The summed E-state index contributed by atoms with van der Waals surface area (Å²) in [4.78, 5) is 2.58. The molecule has 0 radical (unpaired) electrons. The molecular weight excluding hydrogens is 244 g/mol. The van der Waals surface area contributed by atoms with Gasteiger partial charge in [0, 0.05) is 36.2 Å². The van der Waals surface area contributed by atoms with Crippen molar-refractivity contribution in [1.82, 2.24) is 9.47 Å². The molecule has 0 aliphatic carbocycles. The second kappa shape index (κ2) is 4.49. The van der Waals surface area contributed by atoms with Crippen molar-refractivity contribution in [2.24, 2.45) is 7.05 Å². The Kier molecular flexibility index (Phi) is 2.74. The van der Waals surface area contributed by atoms with Crippen molar-refractivity contribution in [3.05, 3.63) is 42.1 Å². The van der Waals surface area contributed by atoms with Crippen LogP contribution < -0.4 is 0 Å². The van der Waals surface area contributed by atoms with Gasteiger partial charge in [0.15, 0.2) is 0 Å². The summed E-state index contributed by atoms with van der Waals surface area (Å²) < 4.78 is 2.19. The van der Waals surface area contributed by atoms with Crippen molar-refractivity contribution in [3.63, 3.8) is 0 Å². The normalized spacial score (nSPS) is 26.8. The van der Waals surface area contributed by atoms with Gasteiger partial charge in [-0.3, -0.25) is 4.90 Å². The first kappa shape index (κ1) is 12.2. The highest BCUT2D eigenvalue weighted by Gasteiger charge is 2.31. The maximum absolute atomic E-state index is 2.58. The average Bonchev–Trinajstić information content (AvgIpc) is 2.80. The van der Waals surface area contributed by atoms with Crippen LogP contribution in [0.2, 0.25) is 0 Å². The summed E-state index contributed by atoms with van der Waals surface area (Å²) in [7, 11) is 4.41. The Morgan fingerprint density at radius 1 is 1.10 bits per heavy atom. The number of fused-ring (bicyclic) bond motifs is 3. The predicted molar refractivity (Wildman–Crippen MR) is 84.7 cm³/mol. The lowest BCUT2D eigenvalue weighted by Crippen LogP contribution is -2.45. The van der Waals surface area contributed by atoms with Crippen LogP contribution in [0.5, 0.6) is 0 Å². The molecule has 4 rings (SSSR count). The lowest BCUT2D eigenvalue weighted by Gasteiger charge is -2.42. The van der Waals surface area contributed by atoms with E-state index in [1.165, 1.54) is 42.1 Å². The molecule has 2 bridgehead atoms. The number of benzene rings is 1. The SMILES string of the molecule is CN1C2C=C(c3ccc4c(ccn4C)c3)CC1CCC2. The standard InChI is InChI=1S/C18H22N2/c1-19-9-8-14-10-13(6-7-18(14)19)15-11-16-4-3-5-17(12-15)20(16)2/h6-11,16-17H,3-5,12H2,1-2H3. The zero-order valence-electron chi connectivity index (χ0n) is 12.3. The molecule has 1 fully saturated rings. The largest absolute Gasteiger partial charge is 0.351 e. The predicted octanol–water partition coefficient (Wildman–Crippen LogP) is 3.82. The van der Waals surface area contributed by atoms with Gasteiger partial charge in [-0.1, -0.05) is 18.6 Å². The van der Waals surface area contributed by atoms with E-state index >= 15 is 0 Å². The van der Waals surface area contributed by atoms with E-state index in [1.54, 1.807) is 5.57 Å². The summed E-state index contributed by atoms with van der Waals surface area (Å²) in [5, 5.41) is 1.36. The first-order chi connectivity index (χ1) is 9.72. The van der Waals surface area contributed by atoms with Crippen LogP contribution in [0.1, 0.15) is 31.2 Å². The highest BCUT2D eigenvalue weighted by molar-refractivity contribution is 5.85. The lowest BCUT2D eigenvalue weighted by atomic mass is 9.83. The van der Waals surface area contributed by atoms with Crippen molar-refractivity contribution in [3.8, 4) is 0 Å². The van der Waals surface area contributed by atoms with E-state index in [0.717, 1.165) is 6.04 Å². The van der Waals surface area contributed by atoms with Crippen LogP contribution in [-0.4, -0.2) is 28.6 Å². The fraction of sp³-hybridized carbons (Fsp3) is 0.444. The molecule has 2 nitrogen and oxygen atoms in total. The number of hydrogen-bond donors (Lipinski definition) is 0. The van der Waals surface area contributed by atoms with E-state index in [9.17, 15) is 0 Å². The summed E-state index contributed by atoms with van der Waals surface area (Å²) in [5.41, 5.74) is 4.31. The van der Waals surface area contributed by atoms with Crippen molar-refractivity contribution in [2.45, 2.75) is 37.8 Å². The Bertz CT molecular complexity index is 680. The van der Waals surface area contributed by atoms with E-state index < -0.39 is 0 Å². The molecule has 2 heteroatoms. The van der Waals surface area contributed by atoms with Crippen LogP contribution in [0.15, 0.2) is 36.5 Å². The summed E-state index contributed by atoms with van der Waals surface area (Å²) in [6, 6.07) is 10.6. The molecule has 0 amide bonds. The fourth-order valence-corrected chi connectivity index (χ4v) is 3.94. The van der Waals surface area contributed by atoms with Crippen molar-refractivity contribution in [1.29, 1.82) is 0 Å². The number of piperidine rings is 1. The molecule has 1 aromatic heterocycles. The van der Waals surface area contributed by atoms with Gasteiger partial charge in [-0.25, -0.2) is 0 Å². The topological polar surface area (TPSA) is 8.17 Å². The molecule has 1 saturated heterocycles. The van der Waals surface area contributed by atoms with Gasteiger partial charge in [0.25, 0.3) is 0 Å². The van der Waals surface area contributed by atoms with Crippen LogP contribution >= 0.6 is 0 Å². The number of hydrogen-bond acceptors (Lipinski definition) is 1. The van der Waals surface area contributed by atoms with Crippen LogP contribution in [0.3, 0.4) is 0 Å². The Labute approximate surface area is 120 Å². The average molecular weight is 266 g/mol. The minimum Gasteiger partial charge on any atom is -0.351 e. The number of nitrogens with zero attached hydrogens (tertiary/aromatic N) is 2. The van der Waals surface area contributed by atoms with Crippen molar-refractivity contribution in [2.75, 3.05) is 7.05 Å². The van der Waals surface area contributed by atoms with E-state index in [4.69, 9.17) is 0 Å². The molecule has 2 unspecified atom stereocenters. The Morgan fingerprint density at radius 3 is 2.85 bits per heavy atom. The zero-order chi connectivity index (χ0) is 13.7. The first-order valence-electron chi connectivity index (χ1n) is 7.70. The molecule has 3 heterocycles. The van der Waals surface area contributed by atoms with E-state index in [2.05, 4.69) is 60.1 Å². The number of rotatable bonds is 1. The van der Waals surface area contributed by atoms with Crippen molar-refractivity contribution < 1.29 is 0 Å². The monoisotopic (exact) mass is 266 g/mol. The minimum atomic E-state index is 0.656. The van der Waals surface area contributed by atoms with Gasteiger partial charge in [-0.2, -0.15) is 0 Å². The molecule has 104 valence electrons. The number of likely N-dealkylation sites (N-methyl/N-ethyl adjacent to an activating group) is 1. The Hall–Kier alpha value is -1.54. The number of aryl methyl sites for hydroxylation is 1. The van der Waals surface area contributed by atoms with E-state index in [0.29, 0.717) is 6.04 Å². The van der Waals surface area contributed by atoms with Crippen LogP contribution in [-0.2, 0) is 7.05 Å². The van der Waals surface area contributed by atoms with Gasteiger partial charge >= 0.3 is 0 Å². The van der Waals surface area contributed by atoms with Gasteiger partial charge in [-0.15, -0.1) is 0 Å². The maximum Gasteiger partial charge on any atom is 0.0478 e. The van der Waals surface area contributed by atoms with Crippen LogP contribution in [0.25, 0.3) is 16.5 Å². The van der Waals surface area contributed by atoms with Crippen molar-refractivity contribution >= 4 is 16.5 Å². The molecular formula is C18H22N2. The smallest absolute Gasteiger partial charge is 0.0478 e. The Balaban J connectivity index is 1.75. The first-order valence-corrected chi connectivity index (χ1v) is 7.70. The lowest BCUT2D eigenvalue weighted by molar-refractivity contribution is 0.137. The molecule has 0 spiro atoms. The third-order valence-corrected chi connectivity index (χ3v) is 5.24. The van der Waals surface area contributed by atoms with Gasteiger partial charge in [0.05, 0.1) is 0 Å². The highest BCUT2D eigenvalue weighted by Crippen LogP contribution is 2.36. The van der Waals surface area contributed by atoms with E-state index in [1.807, 2.05) is 0 Å². The summed E-state index contributed by atoms with van der Waals surface area (Å²) in [5.74, 6) is 0. The molecule has 2 aliphatic heterocycles. The molecule has 2 aliphatic rings. The van der Waals surface area contributed by atoms with E-state index in [-0.39, 0.29) is 0 Å². The molecule has 0 saturated carbocycles. The quantitative estimate of drug-likeness (QED) is 0.762. The van der Waals surface area contributed by atoms with Crippen LogP contribution in [0.4, 0.5) is 0 Å². The maximum atomic E-state index is 2.58.